The van der Waals surface area contributed by atoms with Gasteiger partial charge in [0.25, 0.3) is 0 Å². The van der Waals surface area contributed by atoms with E-state index >= 15 is 0 Å². The van der Waals surface area contributed by atoms with Gasteiger partial charge >= 0.3 is 0 Å². The first kappa shape index (κ1) is 28.1. The molecule has 1 aliphatic rings. The normalized spacial score (nSPS) is 18.1. The molecule has 40 heavy (non-hydrogen) atoms. The first-order chi connectivity index (χ1) is 19.5. The lowest BCUT2D eigenvalue weighted by Gasteiger charge is -2.32. The monoisotopic (exact) mass is 535 g/mol. The summed E-state index contributed by atoms with van der Waals surface area (Å²) in [7, 11) is 4.21. The molecule has 1 fully saturated rings. The number of para-hydroxylation sites is 1. The number of pyridine rings is 1. The molecule has 3 aromatic carbocycles. The average molecular weight is 536 g/mol. The minimum absolute atomic E-state index is 0.447. The first-order valence-electron chi connectivity index (χ1n) is 14.9. The Balaban J connectivity index is 1.10. The van der Waals surface area contributed by atoms with Crippen LogP contribution >= 0.6 is 0 Å². The van der Waals surface area contributed by atoms with E-state index in [9.17, 15) is 0 Å². The highest BCUT2D eigenvalue weighted by atomic mass is 15.2. The molecule has 1 atom stereocenters. The summed E-state index contributed by atoms with van der Waals surface area (Å²) in [5, 5.41) is 8.79. The fourth-order valence-electron chi connectivity index (χ4n) is 5.95. The van der Waals surface area contributed by atoms with E-state index in [0.717, 1.165) is 43.4 Å². The van der Waals surface area contributed by atoms with Crippen molar-refractivity contribution in [1.29, 1.82) is 0 Å². The van der Waals surface area contributed by atoms with Crippen LogP contribution in [0.2, 0.25) is 0 Å². The van der Waals surface area contributed by atoms with E-state index in [2.05, 4.69) is 132 Å². The second-order valence-corrected chi connectivity index (χ2v) is 11.7. The summed E-state index contributed by atoms with van der Waals surface area (Å²) >= 11 is 0. The molecule has 0 aliphatic heterocycles. The van der Waals surface area contributed by atoms with Crippen LogP contribution < -0.4 is 15.5 Å². The van der Waals surface area contributed by atoms with Crippen LogP contribution in [0.4, 0.5) is 11.5 Å². The van der Waals surface area contributed by atoms with Crippen molar-refractivity contribution < 1.29 is 0 Å². The molecule has 1 saturated carbocycles. The molecule has 0 bridgehead atoms. The highest BCUT2D eigenvalue weighted by molar-refractivity contribution is 5.93. The Morgan fingerprint density at radius 1 is 0.800 bits per heavy atom. The number of fused-ring (bicyclic) bond motifs is 1. The Morgan fingerprint density at radius 2 is 1.40 bits per heavy atom. The molecule has 0 unspecified atom stereocenters. The smallest absolute Gasteiger partial charge is 0.128 e. The van der Waals surface area contributed by atoms with Gasteiger partial charge in [-0.05, 0) is 62.3 Å². The minimum atomic E-state index is 0.447. The van der Waals surface area contributed by atoms with Gasteiger partial charge in [-0.1, -0.05) is 78.9 Å². The first-order valence-corrected chi connectivity index (χ1v) is 14.9. The molecule has 5 heteroatoms. The third-order valence-corrected chi connectivity index (χ3v) is 8.33. The number of nitrogens with zero attached hydrogens (tertiary/aromatic N) is 3. The number of anilines is 2. The lowest BCUT2D eigenvalue weighted by molar-refractivity contribution is 0.183. The van der Waals surface area contributed by atoms with Crippen LogP contribution in [0.3, 0.4) is 0 Å². The molecule has 0 radical (unpaired) electrons. The van der Waals surface area contributed by atoms with Gasteiger partial charge in [-0.3, -0.25) is 4.90 Å². The summed E-state index contributed by atoms with van der Waals surface area (Å²) in [6.07, 6.45) is 4.90. The fraction of sp³-hybridized carbons (Fsp3) is 0.400. The lowest BCUT2D eigenvalue weighted by Crippen LogP contribution is -2.41. The maximum atomic E-state index is 4.92. The number of aromatic nitrogens is 1. The van der Waals surface area contributed by atoms with E-state index in [-0.39, 0.29) is 0 Å². The largest absolute Gasteiger partial charge is 0.377 e. The van der Waals surface area contributed by atoms with Gasteiger partial charge in [0.2, 0.25) is 0 Å². The topological polar surface area (TPSA) is 43.4 Å². The van der Waals surface area contributed by atoms with E-state index in [1.54, 1.807) is 0 Å². The Kier molecular flexibility index (Phi) is 9.69. The van der Waals surface area contributed by atoms with Crippen molar-refractivity contribution in [2.75, 3.05) is 37.4 Å². The van der Waals surface area contributed by atoms with Crippen LogP contribution in [-0.4, -0.2) is 49.2 Å². The van der Waals surface area contributed by atoms with Crippen molar-refractivity contribution in [1.82, 2.24) is 15.2 Å². The second-order valence-electron chi connectivity index (χ2n) is 11.7. The maximum Gasteiger partial charge on any atom is 0.128 e. The molecule has 1 aliphatic carbocycles. The standard InChI is InChI=1S/C35H45N5/c1-27(40(25-29-12-6-4-7-13-29)26-30-14-8-5-9-15-30)23-36-24-28-18-20-31(21-19-28)37-35-22-34(39(2)3)32-16-10-11-17-33(32)38-35/h4-17,22,27-28,31,36H,18-21,23-26H2,1-3H3,(H,37,38)/t27-,28?,31?/m0/s1. The summed E-state index contributed by atoms with van der Waals surface area (Å²) in [5.41, 5.74) is 5.01. The summed E-state index contributed by atoms with van der Waals surface area (Å²) in [4.78, 5) is 9.70. The van der Waals surface area contributed by atoms with Gasteiger partial charge in [0.05, 0.1) is 5.52 Å². The molecule has 5 nitrogen and oxygen atoms in total. The highest BCUT2D eigenvalue weighted by Gasteiger charge is 2.22. The number of benzene rings is 3. The molecule has 4 aromatic rings. The van der Waals surface area contributed by atoms with E-state index in [1.807, 2.05) is 0 Å². The number of hydrogen-bond donors (Lipinski definition) is 2. The van der Waals surface area contributed by atoms with E-state index in [4.69, 9.17) is 4.98 Å². The highest BCUT2D eigenvalue weighted by Crippen LogP contribution is 2.30. The molecule has 0 saturated heterocycles. The van der Waals surface area contributed by atoms with Gasteiger partial charge < -0.3 is 15.5 Å². The van der Waals surface area contributed by atoms with Crippen molar-refractivity contribution in [3.05, 3.63) is 102 Å². The third kappa shape index (κ3) is 7.61. The van der Waals surface area contributed by atoms with Crippen LogP contribution in [0.5, 0.6) is 0 Å². The summed E-state index contributed by atoms with van der Waals surface area (Å²) in [5.74, 6) is 1.73. The third-order valence-electron chi connectivity index (χ3n) is 8.33. The predicted octanol–water partition coefficient (Wildman–Crippen LogP) is 6.95. The molecule has 1 heterocycles. The van der Waals surface area contributed by atoms with Gasteiger partial charge in [0.15, 0.2) is 0 Å². The van der Waals surface area contributed by atoms with Gasteiger partial charge in [-0.15, -0.1) is 0 Å². The molecule has 0 amide bonds. The van der Waals surface area contributed by atoms with Crippen LogP contribution in [0.15, 0.2) is 91.0 Å². The van der Waals surface area contributed by atoms with Gasteiger partial charge in [-0.2, -0.15) is 0 Å². The second kappa shape index (κ2) is 13.8. The van der Waals surface area contributed by atoms with Crippen molar-refractivity contribution in [2.45, 2.75) is 57.8 Å². The number of hydrogen-bond acceptors (Lipinski definition) is 5. The predicted molar refractivity (Wildman–Crippen MR) is 170 cm³/mol. The Hall–Kier alpha value is -3.41. The molecule has 2 N–H and O–H groups in total. The zero-order chi connectivity index (χ0) is 27.7. The Morgan fingerprint density at radius 3 is 2.02 bits per heavy atom. The summed E-state index contributed by atoms with van der Waals surface area (Å²) < 4.78 is 0. The molecule has 210 valence electrons. The zero-order valence-electron chi connectivity index (χ0n) is 24.4. The van der Waals surface area contributed by atoms with Crippen LogP contribution in [0, 0.1) is 5.92 Å². The Labute approximate surface area is 240 Å². The summed E-state index contributed by atoms with van der Waals surface area (Å²) in [6, 6.07) is 33.3. The number of rotatable bonds is 12. The van der Waals surface area contributed by atoms with Crippen LogP contribution in [0.1, 0.15) is 43.7 Å². The van der Waals surface area contributed by atoms with Crippen molar-refractivity contribution in [3.8, 4) is 0 Å². The van der Waals surface area contributed by atoms with Gasteiger partial charge in [0.1, 0.15) is 5.82 Å². The lowest BCUT2D eigenvalue weighted by atomic mass is 9.86. The van der Waals surface area contributed by atoms with E-state index < -0.39 is 0 Å². The SMILES string of the molecule is C[C@@H](CNCC1CCC(Nc2cc(N(C)C)c3ccccc3n2)CC1)N(Cc1ccccc1)Cc1ccccc1. The summed E-state index contributed by atoms with van der Waals surface area (Å²) in [6.45, 7) is 6.40. The molecule has 1 aromatic heterocycles. The van der Waals surface area contributed by atoms with Gasteiger partial charge in [0, 0.05) is 63.0 Å². The van der Waals surface area contributed by atoms with Crippen molar-refractivity contribution in [2.24, 2.45) is 5.92 Å². The van der Waals surface area contributed by atoms with Crippen molar-refractivity contribution in [3.63, 3.8) is 0 Å². The molecular weight excluding hydrogens is 490 g/mol. The zero-order valence-corrected chi connectivity index (χ0v) is 24.4. The molecule has 5 rings (SSSR count). The van der Waals surface area contributed by atoms with E-state index in [0.29, 0.717) is 12.1 Å². The quantitative estimate of drug-likeness (QED) is 0.205. The molecule has 0 spiro atoms. The fourth-order valence-corrected chi connectivity index (χ4v) is 5.95. The Bertz CT molecular complexity index is 1270. The molecular formula is C35H45N5. The van der Waals surface area contributed by atoms with Crippen molar-refractivity contribution >= 4 is 22.4 Å². The van der Waals surface area contributed by atoms with Gasteiger partial charge in [-0.25, -0.2) is 4.98 Å². The van der Waals surface area contributed by atoms with E-state index in [1.165, 1.54) is 47.9 Å². The van der Waals surface area contributed by atoms with Crippen LogP contribution in [0.25, 0.3) is 10.9 Å². The maximum absolute atomic E-state index is 4.92. The number of nitrogens with one attached hydrogen (secondary N) is 2. The van der Waals surface area contributed by atoms with Crippen LogP contribution in [-0.2, 0) is 13.1 Å². The average Bonchev–Trinajstić information content (AvgIpc) is 2.98. The minimum Gasteiger partial charge on any atom is -0.377 e.